The fourth-order valence-corrected chi connectivity index (χ4v) is 3.93. The molecule has 0 radical (unpaired) electrons. The van der Waals surface area contributed by atoms with Gasteiger partial charge in [0.1, 0.15) is 5.82 Å². The Morgan fingerprint density at radius 2 is 2.00 bits per heavy atom. The first kappa shape index (κ1) is 14.1. The summed E-state index contributed by atoms with van der Waals surface area (Å²) in [4.78, 5) is 7.09. The van der Waals surface area contributed by atoms with E-state index in [1.54, 1.807) is 0 Å². The lowest BCUT2D eigenvalue weighted by atomic mass is 9.87. The van der Waals surface area contributed by atoms with Crippen LogP contribution in [-0.4, -0.2) is 45.2 Å². The van der Waals surface area contributed by atoms with Gasteiger partial charge in [0.15, 0.2) is 0 Å². The predicted molar refractivity (Wildman–Crippen MR) is 81.8 cm³/mol. The first-order chi connectivity index (χ1) is 9.51. The number of piperazine rings is 1. The molecule has 2 fully saturated rings. The molecular weight excluding hydrogens is 248 g/mol. The second-order valence-electron chi connectivity index (χ2n) is 7.26. The summed E-state index contributed by atoms with van der Waals surface area (Å²) in [5.74, 6) is 1.12. The number of imidazole rings is 1. The SMILES string of the molecule is Cc1nccn1CCN1CC(C)(C)NCC12CCCC2. The topological polar surface area (TPSA) is 33.1 Å². The zero-order chi connectivity index (χ0) is 14.2. The van der Waals surface area contributed by atoms with E-state index < -0.39 is 0 Å². The lowest BCUT2D eigenvalue weighted by Gasteiger charge is -2.51. The number of aryl methyl sites for hydroxylation is 1. The molecule has 0 bridgehead atoms. The average molecular weight is 276 g/mol. The van der Waals surface area contributed by atoms with Crippen molar-refractivity contribution in [2.45, 2.75) is 64.1 Å². The van der Waals surface area contributed by atoms with E-state index in [9.17, 15) is 0 Å². The van der Waals surface area contributed by atoms with Crippen LogP contribution in [0.3, 0.4) is 0 Å². The molecule has 112 valence electrons. The Labute approximate surface area is 122 Å². The molecule has 4 heteroatoms. The molecule has 2 heterocycles. The van der Waals surface area contributed by atoms with Gasteiger partial charge in [0.25, 0.3) is 0 Å². The van der Waals surface area contributed by atoms with Gasteiger partial charge in [-0.25, -0.2) is 4.98 Å². The Kier molecular flexibility index (Phi) is 3.63. The van der Waals surface area contributed by atoms with Gasteiger partial charge in [0, 0.05) is 49.7 Å². The molecule has 1 saturated carbocycles. The van der Waals surface area contributed by atoms with Gasteiger partial charge in [0.2, 0.25) is 0 Å². The van der Waals surface area contributed by atoms with E-state index in [2.05, 4.69) is 46.7 Å². The largest absolute Gasteiger partial charge is 0.334 e. The average Bonchev–Trinajstić information content (AvgIpc) is 3.01. The van der Waals surface area contributed by atoms with Crippen molar-refractivity contribution in [3.63, 3.8) is 0 Å². The van der Waals surface area contributed by atoms with Crippen LogP contribution in [0.2, 0.25) is 0 Å². The van der Waals surface area contributed by atoms with Crippen molar-refractivity contribution < 1.29 is 0 Å². The first-order valence-electron chi connectivity index (χ1n) is 7.99. The minimum absolute atomic E-state index is 0.234. The highest BCUT2D eigenvalue weighted by Crippen LogP contribution is 2.38. The monoisotopic (exact) mass is 276 g/mol. The second-order valence-corrected chi connectivity index (χ2v) is 7.26. The van der Waals surface area contributed by atoms with E-state index in [4.69, 9.17) is 0 Å². The van der Waals surface area contributed by atoms with Gasteiger partial charge in [0.05, 0.1) is 0 Å². The molecule has 20 heavy (non-hydrogen) atoms. The number of hydrogen-bond donors (Lipinski definition) is 1. The van der Waals surface area contributed by atoms with Crippen LogP contribution in [0.4, 0.5) is 0 Å². The number of hydrogen-bond acceptors (Lipinski definition) is 3. The third-order valence-corrected chi connectivity index (χ3v) is 5.22. The van der Waals surface area contributed by atoms with Crippen LogP contribution in [0.25, 0.3) is 0 Å². The molecule has 4 nitrogen and oxygen atoms in total. The molecular formula is C16H28N4. The maximum atomic E-state index is 4.33. The number of aromatic nitrogens is 2. The van der Waals surface area contributed by atoms with E-state index in [0.29, 0.717) is 5.54 Å². The van der Waals surface area contributed by atoms with Gasteiger partial charge < -0.3 is 9.88 Å². The van der Waals surface area contributed by atoms with Crippen LogP contribution < -0.4 is 5.32 Å². The Balaban J connectivity index is 1.71. The third-order valence-electron chi connectivity index (χ3n) is 5.22. The first-order valence-corrected chi connectivity index (χ1v) is 7.99. The van der Waals surface area contributed by atoms with E-state index in [1.165, 1.54) is 25.7 Å². The molecule has 1 aromatic heterocycles. The highest BCUT2D eigenvalue weighted by atomic mass is 15.3. The van der Waals surface area contributed by atoms with E-state index in [-0.39, 0.29) is 5.54 Å². The summed E-state index contributed by atoms with van der Waals surface area (Å²) in [6.45, 7) is 11.2. The summed E-state index contributed by atoms with van der Waals surface area (Å²) in [5.41, 5.74) is 0.655. The summed E-state index contributed by atoms with van der Waals surface area (Å²) in [6, 6.07) is 0. The number of rotatable bonds is 3. The van der Waals surface area contributed by atoms with Crippen LogP contribution in [0, 0.1) is 6.92 Å². The fourth-order valence-electron chi connectivity index (χ4n) is 3.93. The quantitative estimate of drug-likeness (QED) is 0.918. The van der Waals surface area contributed by atoms with Crippen LogP contribution in [0.15, 0.2) is 12.4 Å². The Morgan fingerprint density at radius 3 is 2.65 bits per heavy atom. The van der Waals surface area contributed by atoms with Crippen molar-refractivity contribution >= 4 is 0 Å². The molecule has 2 aliphatic rings. The van der Waals surface area contributed by atoms with Crippen molar-refractivity contribution in [1.29, 1.82) is 0 Å². The van der Waals surface area contributed by atoms with Gasteiger partial charge in [-0.15, -0.1) is 0 Å². The molecule has 1 aliphatic carbocycles. The predicted octanol–water partition coefficient (Wildman–Crippen LogP) is 2.19. The third kappa shape index (κ3) is 2.63. The van der Waals surface area contributed by atoms with Crippen molar-refractivity contribution in [3.05, 3.63) is 18.2 Å². The van der Waals surface area contributed by atoms with Crippen molar-refractivity contribution in [3.8, 4) is 0 Å². The molecule has 0 atom stereocenters. The second kappa shape index (κ2) is 5.15. The van der Waals surface area contributed by atoms with E-state index in [0.717, 1.165) is 32.0 Å². The molecule has 1 spiro atoms. The highest BCUT2D eigenvalue weighted by Gasteiger charge is 2.45. The minimum Gasteiger partial charge on any atom is -0.334 e. The standard InChI is InChI=1S/C16H28N4/c1-14-17-8-9-19(14)10-11-20-13-15(2,3)18-12-16(20)6-4-5-7-16/h8-9,18H,4-7,10-13H2,1-3H3. The summed E-state index contributed by atoms with van der Waals surface area (Å²) >= 11 is 0. The summed E-state index contributed by atoms with van der Waals surface area (Å²) in [7, 11) is 0. The molecule has 1 aromatic rings. The molecule has 0 aromatic carbocycles. The molecule has 0 unspecified atom stereocenters. The van der Waals surface area contributed by atoms with Gasteiger partial charge in [-0.2, -0.15) is 0 Å². The van der Waals surface area contributed by atoms with E-state index >= 15 is 0 Å². The minimum atomic E-state index is 0.234. The summed E-state index contributed by atoms with van der Waals surface area (Å²) in [6.07, 6.45) is 9.51. The lowest BCUT2D eigenvalue weighted by Crippen LogP contribution is -2.67. The maximum absolute atomic E-state index is 4.33. The van der Waals surface area contributed by atoms with Crippen LogP contribution in [0.1, 0.15) is 45.4 Å². The van der Waals surface area contributed by atoms with E-state index in [1.807, 2.05) is 6.20 Å². The Hall–Kier alpha value is -0.870. The lowest BCUT2D eigenvalue weighted by molar-refractivity contribution is 0.0163. The van der Waals surface area contributed by atoms with Gasteiger partial charge in [-0.3, -0.25) is 4.90 Å². The van der Waals surface area contributed by atoms with Gasteiger partial charge >= 0.3 is 0 Å². The van der Waals surface area contributed by atoms with Crippen molar-refractivity contribution in [2.24, 2.45) is 0 Å². The Bertz CT molecular complexity index is 457. The Morgan fingerprint density at radius 1 is 1.25 bits per heavy atom. The van der Waals surface area contributed by atoms with Crippen LogP contribution in [0.5, 0.6) is 0 Å². The van der Waals surface area contributed by atoms with Gasteiger partial charge in [-0.1, -0.05) is 12.8 Å². The highest BCUT2D eigenvalue weighted by molar-refractivity contribution is 5.04. The number of nitrogens with one attached hydrogen (secondary N) is 1. The normalized spacial score (nSPS) is 25.4. The molecule has 1 aliphatic heterocycles. The molecule has 1 N–H and O–H groups in total. The smallest absolute Gasteiger partial charge is 0.105 e. The zero-order valence-corrected chi connectivity index (χ0v) is 13.2. The van der Waals surface area contributed by atoms with Crippen LogP contribution >= 0.6 is 0 Å². The summed E-state index contributed by atoms with van der Waals surface area (Å²) < 4.78 is 2.28. The zero-order valence-electron chi connectivity index (χ0n) is 13.2. The van der Waals surface area contributed by atoms with Gasteiger partial charge in [-0.05, 0) is 33.6 Å². The van der Waals surface area contributed by atoms with Crippen molar-refractivity contribution in [2.75, 3.05) is 19.6 Å². The molecule has 3 rings (SSSR count). The fraction of sp³-hybridized carbons (Fsp3) is 0.812. The molecule has 0 amide bonds. The van der Waals surface area contributed by atoms with Crippen molar-refractivity contribution in [1.82, 2.24) is 19.8 Å². The molecule has 1 saturated heterocycles. The number of nitrogens with zero attached hydrogens (tertiary/aromatic N) is 3. The summed E-state index contributed by atoms with van der Waals surface area (Å²) in [5, 5.41) is 3.76. The van der Waals surface area contributed by atoms with Crippen LogP contribution in [-0.2, 0) is 6.54 Å². The maximum Gasteiger partial charge on any atom is 0.105 e.